The van der Waals surface area contributed by atoms with Crippen molar-refractivity contribution in [3.63, 3.8) is 0 Å². The van der Waals surface area contributed by atoms with Crippen LogP contribution >= 0.6 is 11.6 Å². The highest BCUT2D eigenvalue weighted by Crippen LogP contribution is 2.39. The van der Waals surface area contributed by atoms with Crippen LogP contribution in [0.3, 0.4) is 0 Å². The second-order valence-corrected chi connectivity index (χ2v) is 8.30. The lowest BCUT2D eigenvalue weighted by Gasteiger charge is -2.30. The van der Waals surface area contributed by atoms with E-state index in [9.17, 15) is 13.2 Å². The molecule has 3 heterocycles. The fourth-order valence-electron chi connectivity index (χ4n) is 4.11. The Bertz CT molecular complexity index is 1100. The van der Waals surface area contributed by atoms with Gasteiger partial charge in [-0.3, -0.25) is 4.68 Å². The van der Waals surface area contributed by atoms with E-state index in [1.807, 2.05) is 0 Å². The molecule has 0 bridgehead atoms. The Morgan fingerprint density at radius 2 is 2.09 bits per heavy atom. The summed E-state index contributed by atoms with van der Waals surface area (Å²) in [6.45, 7) is 3.39. The summed E-state index contributed by atoms with van der Waals surface area (Å²) in [6.07, 6.45) is -0.568. The highest BCUT2D eigenvalue weighted by Gasteiger charge is 2.32. The van der Waals surface area contributed by atoms with E-state index >= 15 is 0 Å². The minimum absolute atomic E-state index is 0.0496. The van der Waals surface area contributed by atoms with Crippen molar-refractivity contribution in [3.05, 3.63) is 35.1 Å². The van der Waals surface area contributed by atoms with Gasteiger partial charge in [0.15, 0.2) is 5.15 Å². The van der Waals surface area contributed by atoms with E-state index in [1.165, 1.54) is 19.6 Å². The fraction of sp³-hybridized carbons (Fsp3) is 0.476. The molecule has 0 radical (unpaired) electrons. The predicted octanol–water partition coefficient (Wildman–Crippen LogP) is 3.86. The third-order valence-corrected chi connectivity index (χ3v) is 5.95. The van der Waals surface area contributed by atoms with Crippen molar-refractivity contribution in [2.24, 2.45) is 0 Å². The summed E-state index contributed by atoms with van der Waals surface area (Å²) in [4.78, 5) is 2.31. The molecule has 0 amide bonds. The Morgan fingerprint density at radius 1 is 1.28 bits per heavy atom. The summed E-state index contributed by atoms with van der Waals surface area (Å²) >= 11 is 6.33. The Kier molecular flexibility index (Phi) is 6.55. The van der Waals surface area contributed by atoms with E-state index in [4.69, 9.17) is 16.3 Å². The van der Waals surface area contributed by atoms with Gasteiger partial charge in [-0.25, -0.2) is 0 Å². The second kappa shape index (κ2) is 9.21. The zero-order chi connectivity index (χ0) is 22.9. The molecular formula is C21H24ClF3N6O. The lowest BCUT2D eigenvalue weighted by molar-refractivity contribution is -0.137. The summed E-state index contributed by atoms with van der Waals surface area (Å²) in [5.41, 5.74) is 0.535. The lowest BCUT2D eigenvalue weighted by Crippen LogP contribution is -2.44. The van der Waals surface area contributed by atoms with E-state index in [-0.39, 0.29) is 10.9 Å². The molecule has 1 aliphatic rings. The zero-order valence-electron chi connectivity index (χ0n) is 17.8. The van der Waals surface area contributed by atoms with Crippen LogP contribution in [0.25, 0.3) is 22.2 Å². The quantitative estimate of drug-likeness (QED) is 0.592. The fourth-order valence-corrected chi connectivity index (χ4v) is 4.35. The molecule has 4 rings (SSSR count). The van der Waals surface area contributed by atoms with Crippen molar-refractivity contribution in [1.82, 2.24) is 30.2 Å². The number of likely N-dealkylation sites (N-methyl/N-ethyl adjacent to an activating group) is 1. The molecule has 2 aromatic heterocycles. The SMILES string of the molecule is COc1cc(C(F)(F)F)ccc1-c1nnc(Cl)c2c1cnn2CCN[C@@H]1CCCN(C)C1. The van der Waals surface area contributed by atoms with Crippen LogP contribution in [0.5, 0.6) is 5.75 Å². The number of aromatic nitrogens is 4. The van der Waals surface area contributed by atoms with Gasteiger partial charge in [-0.2, -0.15) is 18.3 Å². The number of ether oxygens (including phenoxy) is 1. The van der Waals surface area contributed by atoms with E-state index in [1.54, 1.807) is 10.9 Å². The van der Waals surface area contributed by atoms with E-state index in [2.05, 4.69) is 32.6 Å². The molecule has 1 atom stereocenters. The smallest absolute Gasteiger partial charge is 0.416 e. The second-order valence-electron chi connectivity index (χ2n) is 7.94. The Morgan fingerprint density at radius 3 is 2.81 bits per heavy atom. The number of likely N-dealkylation sites (tertiary alicyclic amines) is 1. The number of alkyl halides is 3. The molecule has 1 saturated heterocycles. The van der Waals surface area contributed by atoms with Crippen LogP contribution in [0, 0.1) is 0 Å². The van der Waals surface area contributed by atoms with Crippen LogP contribution in [0.2, 0.25) is 5.15 Å². The molecule has 0 spiro atoms. The molecule has 3 aromatic rings. The first kappa shape index (κ1) is 22.8. The molecule has 1 aliphatic heterocycles. The van der Waals surface area contributed by atoms with Crippen molar-refractivity contribution < 1.29 is 17.9 Å². The highest BCUT2D eigenvalue weighted by molar-refractivity contribution is 6.34. The molecule has 11 heteroatoms. The Labute approximate surface area is 188 Å². The third kappa shape index (κ3) is 4.67. The Hall–Kier alpha value is -2.43. The maximum absolute atomic E-state index is 13.1. The minimum Gasteiger partial charge on any atom is -0.496 e. The first-order valence-electron chi connectivity index (χ1n) is 10.3. The number of nitrogens with one attached hydrogen (secondary N) is 1. The molecular weight excluding hydrogens is 445 g/mol. The predicted molar refractivity (Wildman–Crippen MR) is 116 cm³/mol. The number of halogens is 4. The van der Waals surface area contributed by atoms with Crippen molar-refractivity contribution in [2.75, 3.05) is 33.8 Å². The van der Waals surface area contributed by atoms with Crippen molar-refractivity contribution in [2.45, 2.75) is 31.6 Å². The van der Waals surface area contributed by atoms with Crippen molar-refractivity contribution in [3.8, 4) is 17.0 Å². The van der Waals surface area contributed by atoms with E-state index < -0.39 is 11.7 Å². The standard InChI is InChI=1S/C21H24ClF3N6O/c1-30-8-3-4-14(12-30)26-7-9-31-19-16(11-27-31)18(28-29-20(19)22)15-6-5-13(21(23,24)25)10-17(15)32-2/h5-6,10-11,14,26H,3-4,7-9,12H2,1-2H3/t14-/m1/s1. The monoisotopic (exact) mass is 468 g/mol. The average molecular weight is 469 g/mol. The normalized spacial score (nSPS) is 17.8. The van der Waals surface area contributed by atoms with Crippen LogP contribution in [0.15, 0.2) is 24.4 Å². The summed E-state index contributed by atoms with van der Waals surface area (Å²) in [5, 5.41) is 16.9. The maximum atomic E-state index is 13.1. The number of hydrogen-bond acceptors (Lipinski definition) is 6. The van der Waals surface area contributed by atoms with Gasteiger partial charge < -0.3 is 15.0 Å². The van der Waals surface area contributed by atoms with Gasteiger partial charge in [0, 0.05) is 24.7 Å². The molecule has 7 nitrogen and oxygen atoms in total. The molecule has 0 saturated carbocycles. The molecule has 0 unspecified atom stereocenters. The largest absolute Gasteiger partial charge is 0.496 e. The number of nitrogens with zero attached hydrogens (tertiary/aromatic N) is 5. The first-order valence-corrected chi connectivity index (χ1v) is 10.7. The molecule has 32 heavy (non-hydrogen) atoms. The summed E-state index contributed by atoms with van der Waals surface area (Å²) in [7, 11) is 3.43. The van der Waals surface area contributed by atoms with Gasteiger partial charge in [0.25, 0.3) is 0 Å². The van der Waals surface area contributed by atoms with Gasteiger partial charge in [0.05, 0.1) is 30.8 Å². The minimum atomic E-state index is -4.47. The van der Waals surface area contributed by atoms with Gasteiger partial charge >= 0.3 is 6.18 Å². The van der Waals surface area contributed by atoms with Gasteiger partial charge in [-0.05, 0) is 44.6 Å². The van der Waals surface area contributed by atoms with Crippen molar-refractivity contribution >= 4 is 22.5 Å². The molecule has 172 valence electrons. The number of fused-ring (bicyclic) bond motifs is 1. The highest BCUT2D eigenvalue weighted by atomic mass is 35.5. The number of rotatable bonds is 6. The Balaban J connectivity index is 1.61. The lowest BCUT2D eigenvalue weighted by atomic mass is 10.0. The van der Waals surface area contributed by atoms with Crippen LogP contribution in [-0.4, -0.2) is 64.7 Å². The molecule has 1 fully saturated rings. The van der Waals surface area contributed by atoms with Gasteiger partial charge in [-0.1, -0.05) is 11.6 Å². The summed E-state index contributed by atoms with van der Waals surface area (Å²) < 4.78 is 46.3. The summed E-state index contributed by atoms with van der Waals surface area (Å²) in [6, 6.07) is 3.71. The number of benzene rings is 1. The van der Waals surface area contributed by atoms with Crippen LogP contribution in [0.4, 0.5) is 13.2 Å². The maximum Gasteiger partial charge on any atom is 0.416 e. The number of piperidine rings is 1. The van der Waals surface area contributed by atoms with Crippen LogP contribution < -0.4 is 10.1 Å². The average Bonchev–Trinajstić information content (AvgIpc) is 3.18. The van der Waals surface area contributed by atoms with Crippen molar-refractivity contribution in [1.29, 1.82) is 0 Å². The third-order valence-electron chi connectivity index (χ3n) is 5.69. The summed E-state index contributed by atoms with van der Waals surface area (Å²) in [5.74, 6) is 0.0496. The zero-order valence-corrected chi connectivity index (χ0v) is 18.5. The molecule has 1 aromatic carbocycles. The number of hydrogen-bond donors (Lipinski definition) is 1. The first-order chi connectivity index (χ1) is 15.3. The van der Waals surface area contributed by atoms with Crippen LogP contribution in [-0.2, 0) is 12.7 Å². The van der Waals surface area contributed by atoms with E-state index in [0.29, 0.717) is 41.3 Å². The topological polar surface area (TPSA) is 68.1 Å². The number of methoxy groups -OCH3 is 1. The van der Waals surface area contributed by atoms with Gasteiger partial charge in [0.1, 0.15) is 17.0 Å². The molecule has 1 N–H and O–H groups in total. The van der Waals surface area contributed by atoms with Gasteiger partial charge in [0.2, 0.25) is 0 Å². The van der Waals surface area contributed by atoms with E-state index in [0.717, 1.165) is 31.6 Å². The van der Waals surface area contributed by atoms with Gasteiger partial charge in [-0.15, -0.1) is 10.2 Å². The molecule has 0 aliphatic carbocycles. The van der Waals surface area contributed by atoms with Crippen LogP contribution in [0.1, 0.15) is 18.4 Å².